The zero-order valence-corrected chi connectivity index (χ0v) is 8.92. The van der Waals surface area contributed by atoms with Crippen LogP contribution in [-0.2, 0) is 6.42 Å². The molecule has 0 aliphatic rings. The van der Waals surface area contributed by atoms with E-state index < -0.39 is 0 Å². The first-order chi connectivity index (χ1) is 6.20. The van der Waals surface area contributed by atoms with E-state index in [2.05, 4.69) is 32.2 Å². The first-order valence-corrected chi connectivity index (χ1v) is 4.94. The molecule has 0 aromatic carbocycles. The highest BCUT2D eigenvalue weighted by molar-refractivity contribution is 5.21. The zero-order chi connectivity index (χ0) is 9.84. The molecule has 1 atom stereocenters. The van der Waals surface area contributed by atoms with E-state index in [1.807, 2.05) is 7.05 Å². The van der Waals surface area contributed by atoms with Gasteiger partial charge in [-0.05, 0) is 19.0 Å². The molecule has 1 aromatic rings. The maximum Gasteiger partial charge on any atom is 0.108 e. The van der Waals surface area contributed by atoms with Gasteiger partial charge in [0.15, 0.2) is 0 Å². The van der Waals surface area contributed by atoms with Gasteiger partial charge in [-0.15, -0.1) is 0 Å². The molecule has 2 nitrogen and oxygen atoms in total. The first kappa shape index (κ1) is 10.3. The summed E-state index contributed by atoms with van der Waals surface area (Å²) in [5.41, 5.74) is 1.31. The van der Waals surface area contributed by atoms with E-state index in [9.17, 15) is 0 Å². The quantitative estimate of drug-likeness (QED) is 0.772. The summed E-state index contributed by atoms with van der Waals surface area (Å²) >= 11 is 0. The van der Waals surface area contributed by atoms with Gasteiger partial charge in [0.2, 0.25) is 0 Å². The molecule has 1 heterocycles. The van der Waals surface area contributed by atoms with Crippen LogP contribution in [0, 0.1) is 5.92 Å². The molecular formula is C11H19NO. The van der Waals surface area contributed by atoms with Crippen molar-refractivity contribution in [2.45, 2.75) is 33.2 Å². The van der Waals surface area contributed by atoms with Gasteiger partial charge in [0.25, 0.3) is 0 Å². The first-order valence-electron chi connectivity index (χ1n) is 4.94. The van der Waals surface area contributed by atoms with E-state index >= 15 is 0 Å². The van der Waals surface area contributed by atoms with Crippen LogP contribution in [-0.4, -0.2) is 7.05 Å². The second-order valence-corrected chi connectivity index (χ2v) is 3.66. The topological polar surface area (TPSA) is 25.2 Å². The fourth-order valence-corrected chi connectivity index (χ4v) is 1.76. The van der Waals surface area contributed by atoms with E-state index in [0.29, 0.717) is 12.0 Å². The molecule has 0 saturated heterocycles. The molecule has 0 aliphatic heterocycles. The van der Waals surface area contributed by atoms with E-state index in [1.165, 1.54) is 5.56 Å². The molecule has 0 bridgehead atoms. The van der Waals surface area contributed by atoms with Crippen LogP contribution in [0.25, 0.3) is 0 Å². The Kier molecular flexibility index (Phi) is 3.55. The molecule has 0 radical (unpaired) electrons. The van der Waals surface area contributed by atoms with E-state index in [-0.39, 0.29) is 0 Å². The second-order valence-electron chi connectivity index (χ2n) is 3.66. The molecule has 13 heavy (non-hydrogen) atoms. The summed E-state index contributed by atoms with van der Waals surface area (Å²) in [5, 5.41) is 3.32. The Hall–Kier alpha value is -0.760. The van der Waals surface area contributed by atoms with E-state index in [4.69, 9.17) is 4.42 Å². The van der Waals surface area contributed by atoms with Crippen molar-refractivity contribution in [1.29, 1.82) is 0 Å². The fourth-order valence-electron chi connectivity index (χ4n) is 1.76. The van der Waals surface area contributed by atoms with Gasteiger partial charge in [0.05, 0.1) is 6.26 Å². The third kappa shape index (κ3) is 2.13. The van der Waals surface area contributed by atoms with Gasteiger partial charge in [-0.25, -0.2) is 0 Å². The summed E-state index contributed by atoms with van der Waals surface area (Å²) in [6, 6.07) is 2.48. The average molecular weight is 181 g/mol. The van der Waals surface area contributed by atoms with Gasteiger partial charge in [-0.1, -0.05) is 20.8 Å². The van der Waals surface area contributed by atoms with Gasteiger partial charge in [-0.3, -0.25) is 0 Å². The minimum absolute atomic E-state index is 0.411. The monoisotopic (exact) mass is 181 g/mol. The Morgan fingerprint density at radius 2 is 2.15 bits per heavy atom. The maximum absolute atomic E-state index is 5.41. The van der Waals surface area contributed by atoms with Crippen LogP contribution in [0.1, 0.15) is 38.1 Å². The Morgan fingerprint density at radius 3 is 2.62 bits per heavy atom. The predicted molar refractivity (Wildman–Crippen MR) is 54.7 cm³/mol. The molecule has 0 fully saturated rings. The van der Waals surface area contributed by atoms with Gasteiger partial charge in [0.1, 0.15) is 5.76 Å². The molecule has 2 heteroatoms. The predicted octanol–water partition coefficient (Wildman–Crippen LogP) is 2.76. The minimum atomic E-state index is 0.411. The molecule has 1 aromatic heterocycles. The Morgan fingerprint density at radius 1 is 1.46 bits per heavy atom. The van der Waals surface area contributed by atoms with Crippen molar-refractivity contribution in [3.8, 4) is 0 Å². The molecule has 1 rings (SSSR count). The summed E-state index contributed by atoms with van der Waals surface area (Å²) in [6.45, 7) is 6.55. The van der Waals surface area contributed by atoms with Crippen molar-refractivity contribution in [3.63, 3.8) is 0 Å². The van der Waals surface area contributed by atoms with Crippen molar-refractivity contribution >= 4 is 0 Å². The molecule has 0 spiro atoms. The summed E-state index contributed by atoms with van der Waals surface area (Å²) in [6.07, 6.45) is 2.74. The third-order valence-corrected chi connectivity index (χ3v) is 2.41. The molecule has 1 N–H and O–H groups in total. The van der Waals surface area contributed by atoms with Crippen molar-refractivity contribution < 1.29 is 4.42 Å². The van der Waals surface area contributed by atoms with Crippen LogP contribution in [0.2, 0.25) is 0 Å². The number of hydrogen-bond acceptors (Lipinski definition) is 2. The molecule has 1 unspecified atom stereocenters. The molecule has 0 aliphatic carbocycles. The normalized spacial score (nSPS) is 13.6. The summed E-state index contributed by atoms with van der Waals surface area (Å²) in [4.78, 5) is 0. The fraction of sp³-hybridized carbons (Fsp3) is 0.636. The second kappa shape index (κ2) is 4.47. The average Bonchev–Trinajstić information content (AvgIpc) is 2.53. The highest BCUT2D eigenvalue weighted by Crippen LogP contribution is 2.25. The Balaban J connectivity index is 2.90. The van der Waals surface area contributed by atoms with Gasteiger partial charge >= 0.3 is 0 Å². The SMILES string of the molecule is CCc1occc1C(NC)C(C)C. The lowest BCUT2D eigenvalue weighted by atomic mass is 9.96. The van der Waals surface area contributed by atoms with Crippen molar-refractivity contribution in [2.75, 3.05) is 7.05 Å². The van der Waals surface area contributed by atoms with Crippen LogP contribution in [0.15, 0.2) is 16.7 Å². The van der Waals surface area contributed by atoms with E-state index in [0.717, 1.165) is 12.2 Å². The number of rotatable bonds is 4. The minimum Gasteiger partial charge on any atom is -0.469 e. The number of furan rings is 1. The summed E-state index contributed by atoms with van der Waals surface area (Å²) < 4.78 is 5.41. The van der Waals surface area contributed by atoms with Crippen LogP contribution >= 0.6 is 0 Å². The van der Waals surface area contributed by atoms with Crippen molar-refractivity contribution in [2.24, 2.45) is 5.92 Å². The number of nitrogens with one attached hydrogen (secondary N) is 1. The Bertz CT molecular complexity index is 252. The van der Waals surface area contributed by atoms with Crippen LogP contribution in [0.4, 0.5) is 0 Å². The smallest absolute Gasteiger partial charge is 0.108 e. The number of hydrogen-bond donors (Lipinski definition) is 1. The molecule has 0 amide bonds. The summed E-state index contributed by atoms with van der Waals surface area (Å²) in [5.74, 6) is 1.70. The molecule has 0 saturated carbocycles. The molecular weight excluding hydrogens is 162 g/mol. The Labute approximate surface area is 80.3 Å². The lowest BCUT2D eigenvalue weighted by molar-refractivity contribution is 0.426. The van der Waals surface area contributed by atoms with E-state index in [1.54, 1.807) is 6.26 Å². The van der Waals surface area contributed by atoms with Crippen LogP contribution in [0.5, 0.6) is 0 Å². The van der Waals surface area contributed by atoms with Gasteiger partial charge < -0.3 is 9.73 Å². The van der Waals surface area contributed by atoms with Gasteiger partial charge in [-0.2, -0.15) is 0 Å². The third-order valence-electron chi connectivity index (χ3n) is 2.41. The van der Waals surface area contributed by atoms with Crippen molar-refractivity contribution in [3.05, 3.63) is 23.7 Å². The lowest BCUT2D eigenvalue weighted by Gasteiger charge is -2.19. The molecule has 74 valence electrons. The zero-order valence-electron chi connectivity index (χ0n) is 8.92. The lowest BCUT2D eigenvalue weighted by Crippen LogP contribution is -2.22. The number of aryl methyl sites for hydroxylation is 1. The highest BCUT2D eigenvalue weighted by atomic mass is 16.3. The summed E-state index contributed by atoms with van der Waals surface area (Å²) in [7, 11) is 2.00. The highest BCUT2D eigenvalue weighted by Gasteiger charge is 2.17. The largest absolute Gasteiger partial charge is 0.469 e. The van der Waals surface area contributed by atoms with Gasteiger partial charge in [0, 0.05) is 18.0 Å². The van der Waals surface area contributed by atoms with Crippen LogP contribution in [0.3, 0.4) is 0 Å². The standard InChI is InChI=1S/C11H19NO/c1-5-10-9(6-7-13-10)11(12-4)8(2)3/h6-8,11-12H,5H2,1-4H3. The maximum atomic E-state index is 5.41. The van der Waals surface area contributed by atoms with Crippen LogP contribution < -0.4 is 5.32 Å². The van der Waals surface area contributed by atoms with Crippen molar-refractivity contribution in [1.82, 2.24) is 5.32 Å².